The summed E-state index contributed by atoms with van der Waals surface area (Å²) in [7, 11) is 0. The molecule has 0 saturated carbocycles. The third-order valence-corrected chi connectivity index (χ3v) is 9.17. The molecule has 4 fully saturated rings. The number of ether oxygens (including phenoxy) is 8. The molecule has 52 heavy (non-hydrogen) atoms. The summed E-state index contributed by atoms with van der Waals surface area (Å²) in [4.78, 5) is 10.7. The van der Waals surface area contributed by atoms with Crippen LogP contribution >= 0.6 is 0 Å². The Hall–Kier alpha value is -1.41. The number of amides is 1. The first-order chi connectivity index (χ1) is 24.8. The van der Waals surface area contributed by atoms with Crippen LogP contribution in [0.1, 0.15) is 0 Å². The lowest BCUT2D eigenvalue weighted by molar-refractivity contribution is -0.389. The first-order valence-electron chi connectivity index (χ1n) is 16.3. The van der Waals surface area contributed by atoms with Crippen LogP contribution in [0.5, 0.6) is 0 Å². The van der Waals surface area contributed by atoms with Gasteiger partial charge >= 0.3 is 0 Å². The van der Waals surface area contributed by atoms with Gasteiger partial charge in [-0.1, -0.05) is 0 Å². The van der Waals surface area contributed by atoms with Crippen molar-refractivity contribution in [1.82, 2.24) is 5.32 Å². The average Bonchev–Trinajstić information content (AvgIpc) is 3.14. The van der Waals surface area contributed by atoms with E-state index in [1.165, 1.54) is 0 Å². The zero-order valence-corrected chi connectivity index (χ0v) is 27.4. The molecule has 0 radical (unpaired) electrons. The summed E-state index contributed by atoms with van der Waals surface area (Å²) in [5.74, 6) is 0. The van der Waals surface area contributed by atoms with Crippen LogP contribution in [0, 0.1) is 0 Å². The largest absolute Gasteiger partial charge is 0.394 e. The molecule has 0 aliphatic carbocycles. The minimum absolute atomic E-state index is 0.302. The van der Waals surface area contributed by atoms with Crippen LogP contribution < -0.4 is 5.32 Å². The van der Waals surface area contributed by atoms with E-state index >= 15 is 0 Å². The van der Waals surface area contributed by atoms with E-state index in [1.807, 2.05) is 0 Å². The number of hydrogen-bond donors (Lipinski definition) is 15. The highest BCUT2D eigenvalue weighted by Crippen LogP contribution is 2.34. The highest BCUT2D eigenvalue weighted by molar-refractivity contribution is 5.46. The third kappa shape index (κ3) is 9.33. The van der Waals surface area contributed by atoms with E-state index in [9.17, 15) is 76.3 Å². The first-order valence-corrected chi connectivity index (χ1v) is 16.3. The molecule has 24 nitrogen and oxygen atoms in total. The van der Waals surface area contributed by atoms with Crippen LogP contribution in [-0.2, 0) is 42.7 Å². The Labute approximate surface area is 294 Å². The Morgan fingerprint density at radius 1 is 0.481 bits per heavy atom. The zero-order chi connectivity index (χ0) is 38.4. The number of aliphatic hydroxyl groups excluding tert-OH is 14. The van der Waals surface area contributed by atoms with Gasteiger partial charge in [-0.15, -0.1) is 0 Å². The van der Waals surface area contributed by atoms with Gasteiger partial charge in [0.1, 0.15) is 97.7 Å². The molecular weight excluding hydrogens is 718 g/mol. The Balaban J connectivity index is 1.44. The van der Waals surface area contributed by atoms with E-state index in [4.69, 9.17) is 37.9 Å². The molecule has 21 atom stereocenters. The zero-order valence-electron chi connectivity index (χ0n) is 27.4. The van der Waals surface area contributed by atoms with Crippen molar-refractivity contribution < 1.29 is 114 Å². The van der Waals surface area contributed by atoms with Gasteiger partial charge in [0.05, 0.1) is 45.7 Å². The number of rotatable bonds is 16. The van der Waals surface area contributed by atoms with Crippen molar-refractivity contribution in [1.29, 1.82) is 0 Å². The predicted octanol–water partition coefficient (Wildman–Crippen LogP) is -10.6. The Kier molecular flexibility index (Phi) is 16.2. The molecule has 24 heteroatoms. The monoisotopic (exact) mass is 767 g/mol. The van der Waals surface area contributed by atoms with Crippen molar-refractivity contribution in [3.8, 4) is 0 Å². The quantitative estimate of drug-likeness (QED) is 0.0648. The SMILES string of the molecule is O=CN[C@H](CO)CO[C@@H]1O[C@H](CO)[C@@H](O[C@@H]2O[C@H](CO)[C@H](O[C@H]3O[C@H](CO)[C@H](O)[C@H](O[C@@H]4O[C@H](CO)[C@H](O)[C@H](O)[C@H]4O)[C@H]3O)[C@H](O)[C@H]2O)[C@H](O)[C@H]1O. The highest BCUT2D eigenvalue weighted by atomic mass is 16.8. The van der Waals surface area contributed by atoms with Crippen LogP contribution in [0.2, 0.25) is 0 Å². The number of nitrogens with one attached hydrogen (secondary N) is 1. The van der Waals surface area contributed by atoms with Crippen LogP contribution in [0.15, 0.2) is 0 Å². The van der Waals surface area contributed by atoms with E-state index in [1.54, 1.807) is 0 Å². The van der Waals surface area contributed by atoms with Crippen molar-refractivity contribution in [3.05, 3.63) is 0 Å². The van der Waals surface area contributed by atoms with Crippen molar-refractivity contribution in [3.63, 3.8) is 0 Å². The van der Waals surface area contributed by atoms with Gasteiger partial charge in [-0.3, -0.25) is 4.79 Å². The third-order valence-electron chi connectivity index (χ3n) is 9.17. The molecule has 0 bridgehead atoms. The lowest BCUT2D eigenvalue weighted by Crippen LogP contribution is -2.67. The Bertz CT molecular complexity index is 1080. The molecule has 4 saturated heterocycles. The van der Waals surface area contributed by atoms with Gasteiger partial charge in [0.2, 0.25) is 6.41 Å². The second-order valence-corrected chi connectivity index (χ2v) is 12.6. The van der Waals surface area contributed by atoms with Crippen molar-refractivity contribution in [2.45, 2.75) is 129 Å². The van der Waals surface area contributed by atoms with Crippen molar-refractivity contribution in [2.75, 3.05) is 39.6 Å². The molecule has 1 amide bonds. The maximum absolute atomic E-state index is 11.1. The molecule has 0 unspecified atom stereocenters. The maximum Gasteiger partial charge on any atom is 0.207 e. The normalized spacial score (nSPS) is 47.9. The summed E-state index contributed by atoms with van der Waals surface area (Å²) >= 11 is 0. The second-order valence-electron chi connectivity index (χ2n) is 12.6. The Morgan fingerprint density at radius 3 is 1.37 bits per heavy atom. The van der Waals surface area contributed by atoms with E-state index in [2.05, 4.69) is 5.32 Å². The fourth-order valence-electron chi connectivity index (χ4n) is 6.12. The number of carbonyl (C=O) groups excluding carboxylic acids is 1. The standard InChI is InChI=1S/C28H49NO23/c30-1-8(29-7-35)6-45-25-19(42)16(39)22(11(4-33)48-25)50-27-20(43)17(40)23(12(5-34)49-27)51-28-21(44)24(14(37)10(3-32)47-28)52-26-18(41)15(38)13(36)9(2-31)46-26/h7-28,30-34,36-44H,1-6H2,(H,29,35)/t8-,9-,10-,11-,12-,13+,14+,15+,16-,17-,18-,19-,20-,21-,22-,23+,24+,25-,26+,27+,28-/m1/s1. The van der Waals surface area contributed by atoms with E-state index in [0.717, 1.165) is 0 Å². The summed E-state index contributed by atoms with van der Waals surface area (Å²) in [6, 6.07) is -0.898. The first kappa shape index (κ1) is 43.3. The number of carbonyl (C=O) groups is 1. The summed E-state index contributed by atoms with van der Waals surface area (Å²) < 4.78 is 43.9. The van der Waals surface area contributed by atoms with Gasteiger partial charge in [0.25, 0.3) is 0 Å². The molecular formula is C28H49NO23. The number of hydrogen-bond acceptors (Lipinski definition) is 23. The summed E-state index contributed by atoms with van der Waals surface area (Å²) in [6.07, 6.45) is -35.5. The van der Waals surface area contributed by atoms with E-state index < -0.39 is 162 Å². The minimum Gasteiger partial charge on any atom is -0.394 e. The predicted molar refractivity (Wildman–Crippen MR) is 158 cm³/mol. The van der Waals surface area contributed by atoms with Gasteiger partial charge in [-0.2, -0.15) is 0 Å². The summed E-state index contributed by atoms with van der Waals surface area (Å²) in [6.45, 7) is -4.42. The molecule has 0 aromatic carbocycles. The van der Waals surface area contributed by atoms with Crippen LogP contribution in [0.25, 0.3) is 0 Å². The summed E-state index contributed by atoms with van der Waals surface area (Å²) in [5, 5.41) is 147. The molecule has 4 heterocycles. The molecule has 0 spiro atoms. The van der Waals surface area contributed by atoms with Gasteiger partial charge in [0.15, 0.2) is 25.2 Å². The molecule has 15 N–H and O–H groups in total. The Morgan fingerprint density at radius 2 is 0.885 bits per heavy atom. The van der Waals surface area contributed by atoms with Gasteiger partial charge in [-0.25, -0.2) is 0 Å². The van der Waals surface area contributed by atoms with E-state index in [-0.39, 0.29) is 6.61 Å². The van der Waals surface area contributed by atoms with Crippen molar-refractivity contribution in [2.24, 2.45) is 0 Å². The highest BCUT2D eigenvalue weighted by Gasteiger charge is 2.55. The fourth-order valence-corrected chi connectivity index (χ4v) is 6.12. The van der Waals surface area contributed by atoms with Gasteiger partial charge in [0, 0.05) is 0 Å². The molecule has 4 aliphatic heterocycles. The maximum atomic E-state index is 11.1. The molecule has 4 aliphatic rings. The van der Waals surface area contributed by atoms with Crippen LogP contribution in [-0.4, -0.2) is 246 Å². The number of aliphatic hydroxyl groups is 14. The van der Waals surface area contributed by atoms with Crippen LogP contribution in [0.3, 0.4) is 0 Å². The average molecular weight is 768 g/mol. The smallest absolute Gasteiger partial charge is 0.207 e. The second kappa shape index (κ2) is 19.4. The summed E-state index contributed by atoms with van der Waals surface area (Å²) in [5.41, 5.74) is 0. The lowest BCUT2D eigenvalue weighted by Gasteiger charge is -2.49. The lowest BCUT2D eigenvalue weighted by atomic mass is 9.95. The van der Waals surface area contributed by atoms with Gasteiger partial charge in [-0.05, 0) is 0 Å². The van der Waals surface area contributed by atoms with Gasteiger partial charge < -0.3 is 115 Å². The van der Waals surface area contributed by atoms with E-state index in [0.29, 0.717) is 6.41 Å². The molecule has 0 aromatic rings. The minimum atomic E-state index is -2.06. The molecule has 0 aromatic heterocycles. The molecule has 304 valence electrons. The fraction of sp³-hybridized carbons (Fsp3) is 0.964. The van der Waals surface area contributed by atoms with Crippen LogP contribution in [0.4, 0.5) is 0 Å². The topological polar surface area (TPSA) is 386 Å². The van der Waals surface area contributed by atoms with Crippen molar-refractivity contribution >= 4 is 6.41 Å². The molecule has 4 rings (SSSR count).